The van der Waals surface area contributed by atoms with Crippen molar-refractivity contribution < 1.29 is 14.3 Å². The van der Waals surface area contributed by atoms with Crippen LogP contribution in [0.15, 0.2) is 54.6 Å². The average Bonchev–Trinajstić information content (AvgIpc) is 2.53. The van der Waals surface area contributed by atoms with Crippen LogP contribution < -0.4 is 4.74 Å². The van der Waals surface area contributed by atoms with Crippen molar-refractivity contribution in [1.29, 1.82) is 0 Å². The molecule has 0 saturated carbocycles. The molecular weight excluding hydrogens is 252 g/mol. The molecule has 0 bridgehead atoms. The fourth-order valence-corrected chi connectivity index (χ4v) is 2.20. The average molecular weight is 270 g/mol. The van der Waals surface area contributed by atoms with Gasteiger partial charge in [-0.15, -0.1) is 0 Å². The van der Waals surface area contributed by atoms with Crippen molar-refractivity contribution in [2.24, 2.45) is 0 Å². The summed E-state index contributed by atoms with van der Waals surface area (Å²) >= 11 is 0. The van der Waals surface area contributed by atoms with Gasteiger partial charge < -0.3 is 9.47 Å². The molecule has 0 aromatic heterocycles. The zero-order valence-corrected chi connectivity index (χ0v) is 11.7. The topological polar surface area (TPSA) is 35.5 Å². The molecule has 0 aliphatic heterocycles. The van der Waals surface area contributed by atoms with Gasteiger partial charge in [-0.1, -0.05) is 42.5 Å². The molecule has 0 spiro atoms. The zero-order valence-electron chi connectivity index (χ0n) is 11.7. The summed E-state index contributed by atoms with van der Waals surface area (Å²) in [6.07, 6.45) is 0.326. The SMILES string of the molecule is COC(=O)C[C@H](c1ccccc1)c1ccc(OC)cc1. The Morgan fingerprint density at radius 1 is 0.950 bits per heavy atom. The van der Waals surface area contributed by atoms with Gasteiger partial charge in [-0.2, -0.15) is 0 Å². The summed E-state index contributed by atoms with van der Waals surface area (Å²) in [5.74, 6) is 0.586. The van der Waals surface area contributed by atoms with E-state index in [1.807, 2.05) is 54.6 Å². The molecule has 0 amide bonds. The van der Waals surface area contributed by atoms with Crippen molar-refractivity contribution in [3.8, 4) is 5.75 Å². The molecule has 2 aromatic carbocycles. The summed E-state index contributed by atoms with van der Waals surface area (Å²) < 4.78 is 9.97. The summed E-state index contributed by atoms with van der Waals surface area (Å²) in [5.41, 5.74) is 2.17. The Balaban J connectivity index is 2.32. The maximum atomic E-state index is 11.6. The highest BCUT2D eigenvalue weighted by molar-refractivity contribution is 5.71. The highest BCUT2D eigenvalue weighted by Crippen LogP contribution is 2.29. The first-order valence-corrected chi connectivity index (χ1v) is 6.50. The summed E-state index contributed by atoms with van der Waals surface area (Å²) in [5, 5.41) is 0. The van der Waals surface area contributed by atoms with Crippen LogP contribution in [-0.2, 0) is 9.53 Å². The Bertz CT molecular complexity index is 546. The Kier molecular flexibility index (Phi) is 4.77. The third kappa shape index (κ3) is 3.38. The van der Waals surface area contributed by atoms with Crippen LogP contribution in [0.1, 0.15) is 23.5 Å². The summed E-state index contributed by atoms with van der Waals surface area (Å²) in [7, 11) is 3.05. The number of methoxy groups -OCH3 is 2. The van der Waals surface area contributed by atoms with Crippen LogP contribution in [0, 0.1) is 0 Å². The van der Waals surface area contributed by atoms with Gasteiger partial charge in [0.25, 0.3) is 0 Å². The zero-order chi connectivity index (χ0) is 14.4. The van der Waals surface area contributed by atoms with Crippen LogP contribution in [0.25, 0.3) is 0 Å². The third-order valence-corrected chi connectivity index (χ3v) is 3.32. The van der Waals surface area contributed by atoms with E-state index < -0.39 is 0 Å². The van der Waals surface area contributed by atoms with Gasteiger partial charge in [0.1, 0.15) is 5.75 Å². The monoisotopic (exact) mass is 270 g/mol. The summed E-state index contributed by atoms with van der Waals surface area (Å²) in [6.45, 7) is 0. The van der Waals surface area contributed by atoms with Crippen LogP contribution in [0.5, 0.6) is 5.75 Å². The predicted molar refractivity (Wildman–Crippen MR) is 77.9 cm³/mol. The molecule has 1 atom stereocenters. The van der Waals surface area contributed by atoms with Crippen molar-refractivity contribution in [1.82, 2.24) is 0 Å². The standard InChI is InChI=1S/C17H18O3/c1-19-15-10-8-14(9-11-15)16(12-17(18)20-2)13-6-4-3-5-7-13/h3-11,16H,12H2,1-2H3/t16-/m1/s1. The molecule has 3 heteroatoms. The highest BCUT2D eigenvalue weighted by Gasteiger charge is 2.18. The van der Waals surface area contributed by atoms with E-state index in [2.05, 4.69) is 0 Å². The minimum absolute atomic E-state index is 0.00504. The van der Waals surface area contributed by atoms with E-state index in [4.69, 9.17) is 9.47 Å². The Morgan fingerprint density at radius 2 is 1.55 bits per heavy atom. The molecule has 104 valence electrons. The molecule has 0 aliphatic rings. The van der Waals surface area contributed by atoms with E-state index in [1.54, 1.807) is 7.11 Å². The second-order valence-corrected chi connectivity index (χ2v) is 4.52. The molecule has 0 fully saturated rings. The lowest BCUT2D eigenvalue weighted by Gasteiger charge is -2.17. The molecule has 3 nitrogen and oxygen atoms in total. The molecule has 0 aliphatic carbocycles. The van der Waals surface area contributed by atoms with Gasteiger partial charge in [-0.3, -0.25) is 4.79 Å². The van der Waals surface area contributed by atoms with E-state index in [0.717, 1.165) is 16.9 Å². The van der Waals surface area contributed by atoms with E-state index in [-0.39, 0.29) is 11.9 Å². The van der Waals surface area contributed by atoms with Gasteiger partial charge in [0, 0.05) is 5.92 Å². The molecule has 0 N–H and O–H groups in total. The van der Waals surface area contributed by atoms with Gasteiger partial charge in [-0.05, 0) is 23.3 Å². The predicted octanol–water partition coefficient (Wildman–Crippen LogP) is 3.39. The number of carbonyl (C=O) groups excluding carboxylic acids is 1. The fourth-order valence-electron chi connectivity index (χ4n) is 2.20. The van der Waals surface area contributed by atoms with Crippen molar-refractivity contribution in [2.45, 2.75) is 12.3 Å². The van der Waals surface area contributed by atoms with Gasteiger partial charge in [0.05, 0.1) is 20.6 Å². The lowest BCUT2D eigenvalue weighted by atomic mass is 9.88. The largest absolute Gasteiger partial charge is 0.497 e. The minimum Gasteiger partial charge on any atom is -0.497 e. The van der Waals surface area contributed by atoms with Crippen LogP contribution in [0.2, 0.25) is 0 Å². The Labute approximate surface area is 119 Å². The Hall–Kier alpha value is -2.29. The number of hydrogen-bond acceptors (Lipinski definition) is 3. The molecular formula is C17H18O3. The van der Waals surface area contributed by atoms with Crippen LogP contribution >= 0.6 is 0 Å². The molecule has 2 aromatic rings. The summed E-state index contributed by atoms with van der Waals surface area (Å²) in [6, 6.07) is 17.7. The molecule has 2 rings (SSSR count). The third-order valence-electron chi connectivity index (χ3n) is 3.32. The lowest BCUT2D eigenvalue weighted by Crippen LogP contribution is -2.10. The number of benzene rings is 2. The van der Waals surface area contributed by atoms with Crippen LogP contribution in [0.4, 0.5) is 0 Å². The van der Waals surface area contributed by atoms with Crippen LogP contribution in [0.3, 0.4) is 0 Å². The second-order valence-electron chi connectivity index (χ2n) is 4.52. The van der Waals surface area contributed by atoms with Gasteiger partial charge in [0.15, 0.2) is 0 Å². The van der Waals surface area contributed by atoms with Crippen molar-refractivity contribution in [3.05, 3.63) is 65.7 Å². The maximum absolute atomic E-state index is 11.6. The van der Waals surface area contributed by atoms with Crippen molar-refractivity contribution in [2.75, 3.05) is 14.2 Å². The molecule has 20 heavy (non-hydrogen) atoms. The Morgan fingerprint density at radius 3 is 2.10 bits per heavy atom. The smallest absolute Gasteiger partial charge is 0.306 e. The van der Waals surface area contributed by atoms with Gasteiger partial charge in [0.2, 0.25) is 0 Å². The molecule has 0 heterocycles. The normalized spacial score (nSPS) is 11.7. The first-order valence-electron chi connectivity index (χ1n) is 6.50. The summed E-state index contributed by atoms with van der Waals surface area (Å²) in [4.78, 5) is 11.6. The van der Waals surface area contributed by atoms with Crippen molar-refractivity contribution in [3.63, 3.8) is 0 Å². The minimum atomic E-state index is -0.213. The molecule has 0 radical (unpaired) electrons. The number of rotatable bonds is 5. The van der Waals surface area contributed by atoms with E-state index >= 15 is 0 Å². The number of carbonyl (C=O) groups is 1. The molecule has 0 saturated heterocycles. The maximum Gasteiger partial charge on any atom is 0.306 e. The van der Waals surface area contributed by atoms with E-state index in [9.17, 15) is 4.79 Å². The van der Waals surface area contributed by atoms with Crippen molar-refractivity contribution >= 4 is 5.97 Å². The number of hydrogen-bond donors (Lipinski definition) is 0. The first kappa shape index (κ1) is 14.1. The number of ether oxygens (including phenoxy) is 2. The molecule has 0 unspecified atom stereocenters. The van der Waals surface area contributed by atoms with E-state index in [1.165, 1.54) is 7.11 Å². The van der Waals surface area contributed by atoms with E-state index in [0.29, 0.717) is 6.42 Å². The second kappa shape index (κ2) is 6.75. The van der Waals surface area contributed by atoms with Crippen LogP contribution in [-0.4, -0.2) is 20.2 Å². The highest BCUT2D eigenvalue weighted by atomic mass is 16.5. The fraction of sp³-hybridized carbons (Fsp3) is 0.235. The quantitative estimate of drug-likeness (QED) is 0.781. The van der Waals surface area contributed by atoms with Gasteiger partial charge in [-0.25, -0.2) is 0 Å². The number of esters is 1. The van der Waals surface area contributed by atoms with Gasteiger partial charge >= 0.3 is 5.97 Å². The first-order chi connectivity index (χ1) is 9.74. The lowest BCUT2D eigenvalue weighted by molar-refractivity contribution is -0.140.